The van der Waals surface area contributed by atoms with Gasteiger partial charge in [-0.25, -0.2) is 4.99 Å². The number of guanidine groups is 1. The summed E-state index contributed by atoms with van der Waals surface area (Å²) < 4.78 is 11.6. The van der Waals surface area contributed by atoms with Gasteiger partial charge in [0.05, 0.1) is 25.8 Å². The van der Waals surface area contributed by atoms with Crippen molar-refractivity contribution in [2.24, 2.45) is 10.9 Å². The molecule has 2 aliphatic rings. The van der Waals surface area contributed by atoms with Crippen molar-refractivity contribution in [3.05, 3.63) is 29.8 Å². The molecule has 0 spiro atoms. The predicted molar refractivity (Wildman–Crippen MR) is 109 cm³/mol. The van der Waals surface area contributed by atoms with E-state index in [0.29, 0.717) is 25.0 Å². The number of nitrogens with one attached hydrogen (secondary N) is 2. The zero-order valence-electron chi connectivity index (χ0n) is 16.9. The largest absolute Gasteiger partial charge is 0.493 e. The highest BCUT2D eigenvalue weighted by Crippen LogP contribution is 2.30. The van der Waals surface area contributed by atoms with E-state index in [2.05, 4.69) is 15.6 Å². The highest BCUT2D eigenvalue weighted by Gasteiger charge is 2.22. The molecule has 7 heteroatoms. The molecular weight excluding hydrogens is 356 g/mol. The van der Waals surface area contributed by atoms with Gasteiger partial charge in [-0.15, -0.1) is 0 Å². The molecule has 154 valence electrons. The molecule has 0 aromatic heterocycles. The number of benzene rings is 1. The van der Waals surface area contributed by atoms with Crippen LogP contribution in [0.4, 0.5) is 0 Å². The Labute approximate surface area is 167 Å². The molecule has 7 nitrogen and oxygen atoms in total. The number of hydrogen-bond acceptors (Lipinski definition) is 4. The Morgan fingerprint density at radius 3 is 2.79 bits per heavy atom. The lowest BCUT2D eigenvalue weighted by Crippen LogP contribution is -2.45. The maximum absolute atomic E-state index is 11.9. The molecule has 0 bridgehead atoms. The van der Waals surface area contributed by atoms with Crippen LogP contribution in [0.2, 0.25) is 0 Å². The fourth-order valence-corrected chi connectivity index (χ4v) is 2.94. The number of carbonyl (C=O) groups is 1. The highest BCUT2D eigenvalue weighted by molar-refractivity contribution is 5.86. The average Bonchev–Trinajstić information content (AvgIpc) is 3.38. The van der Waals surface area contributed by atoms with Crippen LogP contribution in [-0.4, -0.2) is 63.3 Å². The van der Waals surface area contributed by atoms with E-state index in [0.717, 1.165) is 37.4 Å². The van der Waals surface area contributed by atoms with Gasteiger partial charge >= 0.3 is 0 Å². The van der Waals surface area contributed by atoms with E-state index in [1.54, 1.807) is 19.0 Å². The normalized spacial score (nSPS) is 19.4. The second-order valence-corrected chi connectivity index (χ2v) is 7.68. The van der Waals surface area contributed by atoms with E-state index in [1.807, 2.05) is 24.3 Å². The quantitative estimate of drug-likeness (QED) is 0.498. The summed E-state index contributed by atoms with van der Waals surface area (Å²) in [6.45, 7) is 2.96. The first-order valence-corrected chi connectivity index (χ1v) is 10.2. The molecule has 1 amide bonds. The van der Waals surface area contributed by atoms with Gasteiger partial charge < -0.3 is 25.0 Å². The van der Waals surface area contributed by atoms with Crippen LogP contribution in [0.1, 0.15) is 31.2 Å². The smallest absolute Gasteiger partial charge is 0.241 e. The summed E-state index contributed by atoms with van der Waals surface area (Å²) in [5.41, 5.74) is 1.04. The van der Waals surface area contributed by atoms with Gasteiger partial charge in [-0.05, 0) is 37.7 Å². The predicted octanol–water partition coefficient (Wildman–Crippen LogP) is 1.78. The fraction of sp³-hybridized carbons (Fsp3) is 0.619. The van der Waals surface area contributed by atoms with E-state index in [-0.39, 0.29) is 18.6 Å². The summed E-state index contributed by atoms with van der Waals surface area (Å²) in [6, 6.07) is 8.02. The molecule has 28 heavy (non-hydrogen) atoms. The zero-order valence-corrected chi connectivity index (χ0v) is 16.9. The Bertz CT molecular complexity index is 667. The number of hydrogen-bond donors (Lipinski definition) is 2. The van der Waals surface area contributed by atoms with E-state index < -0.39 is 0 Å². The van der Waals surface area contributed by atoms with Crippen molar-refractivity contribution >= 4 is 11.9 Å². The number of carbonyl (C=O) groups excluding carboxylic acids is 1. The highest BCUT2D eigenvalue weighted by atomic mass is 16.5. The van der Waals surface area contributed by atoms with Crippen LogP contribution in [0.25, 0.3) is 0 Å². The molecule has 1 atom stereocenters. The number of rotatable bonds is 9. The molecule has 1 aliphatic heterocycles. The Morgan fingerprint density at radius 1 is 1.25 bits per heavy atom. The van der Waals surface area contributed by atoms with Crippen LogP contribution in [-0.2, 0) is 16.1 Å². The minimum Gasteiger partial charge on any atom is -0.493 e. The maximum Gasteiger partial charge on any atom is 0.241 e. The Kier molecular flexibility index (Phi) is 7.54. The molecule has 1 aromatic carbocycles. The monoisotopic (exact) mass is 388 g/mol. The first kappa shape index (κ1) is 20.5. The van der Waals surface area contributed by atoms with Gasteiger partial charge in [0.1, 0.15) is 5.75 Å². The van der Waals surface area contributed by atoms with Crippen LogP contribution in [0.3, 0.4) is 0 Å². The van der Waals surface area contributed by atoms with Gasteiger partial charge in [-0.2, -0.15) is 0 Å². The third kappa shape index (κ3) is 6.71. The van der Waals surface area contributed by atoms with Gasteiger partial charge in [0.25, 0.3) is 0 Å². The van der Waals surface area contributed by atoms with Gasteiger partial charge in [-0.3, -0.25) is 4.79 Å². The standard InChI is InChI=1S/C21H32N4O3/c1-25(2)20(26)14-24-21(23-13-18-7-5-11-27-18)22-12-17-6-3-4-8-19(17)28-15-16-9-10-16/h3-4,6,8,16,18H,5,7,9-15H2,1-2H3,(H2,22,23,24). The van der Waals surface area contributed by atoms with Gasteiger partial charge in [0.15, 0.2) is 5.96 Å². The SMILES string of the molecule is CN(C)C(=O)CNC(=NCc1ccccc1OCC1CC1)NCC1CCCO1. The van der Waals surface area contributed by atoms with Gasteiger partial charge in [0.2, 0.25) is 5.91 Å². The van der Waals surface area contributed by atoms with Crippen LogP contribution in [0, 0.1) is 5.92 Å². The minimum atomic E-state index is -0.000201. The number of amides is 1. The number of likely N-dealkylation sites (N-methyl/N-ethyl adjacent to an activating group) is 1. The van der Waals surface area contributed by atoms with Crippen LogP contribution in [0.5, 0.6) is 5.75 Å². The number of ether oxygens (including phenoxy) is 2. The van der Waals surface area contributed by atoms with E-state index in [1.165, 1.54) is 12.8 Å². The lowest BCUT2D eigenvalue weighted by atomic mass is 10.2. The molecule has 2 fully saturated rings. The maximum atomic E-state index is 11.9. The summed E-state index contributed by atoms with van der Waals surface area (Å²) >= 11 is 0. The van der Waals surface area contributed by atoms with E-state index >= 15 is 0 Å². The number of para-hydroxylation sites is 1. The number of aliphatic imine (C=N–C) groups is 1. The van der Waals surface area contributed by atoms with Crippen LogP contribution < -0.4 is 15.4 Å². The molecule has 1 saturated heterocycles. The Balaban J connectivity index is 1.60. The summed E-state index contributed by atoms with van der Waals surface area (Å²) in [6.07, 6.45) is 4.88. The summed E-state index contributed by atoms with van der Waals surface area (Å²) in [5, 5.41) is 6.43. The van der Waals surface area contributed by atoms with Crippen molar-refractivity contribution in [3.8, 4) is 5.75 Å². The van der Waals surface area contributed by atoms with Crippen LogP contribution in [0.15, 0.2) is 29.3 Å². The van der Waals surface area contributed by atoms with E-state index in [9.17, 15) is 4.79 Å². The van der Waals surface area contributed by atoms with Crippen molar-refractivity contribution in [1.82, 2.24) is 15.5 Å². The zero-order chi connectivity index (χ0) is 19.8. The first-order valence-electron chi connectivity index (χ1n) is 10.2. The molecule has 3 rings (SSSR count). The van der Waals surface area contributed by atoms with Crippen molar-refractivity contribution in [2.75, 3.05) is 40.4 Å². The lowest BCUT2D eigenvalue weighted by molar-refractivity contribution is -0.127. The van der Waals surface area contributed by atoms with Crippen molar-refractivity contribution in [2.45, 2.75) is 38.3 Å². The van der Waals surface area contributed by atoms with Gasteiger partial charge in [0, 0.05) is 32.8 Å². The molecule has 1 aliphatic carbocycles. The summed E-state index contributed by atoms with van der Waals surface area (Å²) in [4.78, 5) is 18.2. The Hall–Kier alpha value is -2.28. The summed E-state index contributed by atoms with van der Waals surface area (Å²) in [5.74, 6) is 2.21. The molecule has 0 radical (unpaired) electrons. The molecule has 1 saturated carbocycles. The first-order chi connectivity index (χ1) is 13.6. The van der Waals surface area contributed by atoms with Crippen molar-refractivity contribution < 1.29 is 14.3 Å². The van der Waals surface area contributed by atoms with Crippen molar-refractivity contribution in [3.63, 3.8) is 0 Å². The van der Waals surface area contributed by atoms with Crippen molar-refractivity contribution in [1.29, 1.82) is 0 Å². The molecule has 1 aromatic rings. The second-order valence-electron chi connectivity index (χ2n) is 7.68. The average molecular weight is 389 g/mol. The lowest BCUT2D eigenvalue weighted by Gasteiger charge is -2.17. The third-order valence-corrected chi connectivity index (χ3v) is 4.98. The third-order valence-electron chi connectivity index (χ3n) is 4.98. The fourth-order valence-electron chi connectivity index (χ4n) is 2.94. The Morgan fingerprint density at radius 2 is 2.07 bits per heavy atom. The molecule has 1 heterocycles. The minimum absolute atomic E-state index is 0.000201. The van der Waals surface area contributed by atoms with Crippen LogP contribution >= 0.6 is 0 Å². The van der Waals surface area contributed by atoms with Gasteiger partial charge in [-0.1, -0.05) is 18.2 Å². The molecule has 2 N–H and O–H groups in total. The molecule has 1 unspecified atom stereocenters. The summed E-state index contributed by atoms with van der Waals surface area (Å²) in [7, 11) is 3.49. The second kappa shape index (κ2) is 10.3. The topological polar surface area (TPSA) is 75.2 Å². The molecular formula is C21H32N4O3. The van der Waals surface area contributed by atoms with E-state index in [4.69, 9.17) is 9.47 Å². The number of nitrogens with zero attached hydrogens (tertiary/aromatic N) is 2.